The lowest BCUT2D eigenvalue weighted by molar-refractivity contribution is 0.174. The van der Waals surface area contributed by atoms with Gasteiger partial charge in [0.1, 0.15) is 5.82 Å². The molecule has 0 amide bonds. The molecule has 20 heavy (non-hydrogen) atoms. The second kappa shape index (κ2) is 4.83. The Kier molecular flexibility index (Phi) is 3.14. The van der Waals surface area contributed by atoms with Crippen LogP contribution in [-0.4, -0.2) is 16.8 Å². The van der Waals surface area contributed by atoms with E-state index in [1.54, 1.807) is 6.07 Å². The van der Waals surface area contributed by atoms with Crippen LogP contribution in [0.25, 0.3) is 11.4 Å². The maximum absolute atomic E-state index is 6.18. The van der Waals surface area contributed by atoms with Crippen molar-refractivity contribution < 1.29 is 9.47 Å². The monoisotopic (exact) mass is 291 g/mol. The van der Waals surface area contributed by atoms with Gasteiger partial charge in [0.15, 0.2) is 17.3 Å². The van der Waals surface area contributed by atoms with E-state index in [2.05, 4.69) is 9.97 Å². The first kappa shape index (κ1) is 13.0. The molecule has 0 saturated heterocycles. The van der Waals surface area contributed by atoms with Crippen molar-refractivity contribution in [3.63, 3.8) is 0 Å². The second-order valence-corrected chi connectivity index (χ2v) is 4.96. The third kappa shape index (κ3) is 2.04. The lowest BCUT2D eigenvalue weighted by Gasteiger charge is -2.09. The van der Waals surface area contributed by atoms with Crippen molar-refractivity contribution >= 4 is 17.4 Å². The quantitative estimate of drug-likeness (QED) is 0.921. The zero-order valence-corrected chi connectivity index (χ0v) is 12.0. The van der Waals surface area contributed by atoms with Gasteiger partial charge in [-0.1, -0.05) is 18.5 Å². The van der Waals surface area contributed by atoms with Crippen molar-refractivity contribution in [2.24, 2.45) is 0 Å². The number of halogens is 1. The van der Waals surface area contributed by atoms with Crippen LogP contribution < -0.4 is 15.2 Å². The molecule has 3 rings (SSSR count). The Hall–Kier alpha value is -2.01. The number of nitrogens with zero attached hydrogens (tertiary/aromatic N) is 2. The van der Waals surface area contributed by atoms with Crippen LogP contribution in [0.1, 0.15) is 18.2 Å². The van der Waals surface area contributed by atoms with Crippen molar-refractivity contribution in [2.45, 2.75) is 20.3 Å². The largest absolute Gasteiger partial charge is 0.454 e. The summed E-state index contributed by atoms with van der Waals surface area (Å²) in [6, 6.07) is 3.58. The van der Waals surface area contributed by atoms with E-state index in [-0.39, 0.29) is 6.79 Å². The van der Waals surface area contributed by atoms with E-state index in [9.17, 15) is 0 Å². The number of anilines is 1. The topological polar surface area (TPSA) is 70.3 Å². The van der Waals surface area contributed by atoms with Gasteiger partial charge in [-0.2, -0.15) is 0 Å². The zero-order valence-electron chi connectivity index (χ0n) is 11.2. The predicted molar refractivity (Wildman–Crippen MR) is 77.1 cm³/mol. The number of aryl methyl sites for hydroxylation is 1. The highest BCUT2D eigenvalue weighted by molar-refractivity contribution is 6.32. The van der Waals surface area contributed by atoms with Crippen molar-refractivity contribution in [3.8, 4) is 22.9 Å². The molecule has 2 heterocycles. The minimum atomic E-state index is 0.176. The summed E-state index contributed by atoms with van der Waals surface area (Å²) in [5.41, 5.74) is 8.56. The summed E-state index contributed by atoms with van der Waals surface area (Å²) in [6.07, 6.45) is 0.795. The molecule has 0 fully saturated rings. The Morgan fingerprint density at radius 2 is 2.10 bits per heavy atom. The van der Waals surface area contributed by atoms with E-state index in [0.29, 0.717) is 28.2 Å². The van der Waals surface area contributed by atoms with E-state index < -0.39 is 0 Å². The number of benzene rings is 1. The molecule has 1 aromatic carbocycles. The maximum atomic E-state index is 6.18. The standard InChI is InChI=1S/C14H14ClN3O2/c1-3-10-7(2)13(16)18-14(17-10)8-4-9(15)12-11(5-8)19-6-20-12/h4-5H,3,6H2,1-2H3,(H2,16,17,18). The Morgan fingerprint density at radius 3 is 2.85 bits per heavy atom. The lowest BCUT2D eigenvalue weighted by atomic mass is 10.1. The Labute approximate surface area is 121 Å². The smallest absolute Gasteiger partial charge is 0.231 e. The van der Waals surface area contributed by atoms with Crippen LogP contribution in [0.4, 0.5) is 5.82 Å². The molecule has 1 aliphatic rings. The maximum Gasteiger partial charge on any atom is 0.231 e. The predicted octanol–water partition coefficient (Wildman–Crippen LogP) is 2.98. The molecule has 0 saturated carbocycles. The molecule has 0 radical (unpaired) electrons. The fourth-order valence-corrected chi connectivity index (χ4v) is 2.42. The molecule has 0 spiro atoms. The molecule has 0 bridgehead atoms. The average molecular weight is 292 g/mol. The molecule has 0 atom stereocenters. The summed E-state index contributed by atoms with van der Waals surface area (Å²) in [4.78, 5) is 8.87. The summed E-state index contributed by atoms with van der Waals surface area (Å²) in [5, 5.41) is 0.482. The van der Waals surface area contributed by atoms with Gasteiger partial charge < -0.3 is 15.2 Å². The van der Waals surface area contributed by atoms with Gasteiger partial charge >= 0.3 is 0 Å². The SMILES string of the molecule is CCc1nc(-c2cc(Cl)c3c(c2)OCO3)nc(N)c1C. The number of ether oxygens (including phenoxy) is 2. The molecule has 1 aromatic heterocycles. The molecular formula is C14H14ClN3O2. The first-order valence-corrected chi connectivity index (χ1v) is 6.70. The van der Waals surface area contributed by atoms with Gasteiger partial charge in [-0.25, -0.2) is 9.97 Å². The van der Waals surface area contributed by atoms with Gasteiger partial charge in [-0.3, -0.25) is 0 Å². The van der Waals surface area contributed by atoms with E-state index in [4.69, 9.17) is 26.8 Å². The Bertz CT molecular complexity index is 680. The van der Waals surface area contributed by atoms with Gasteiger partial charge in [0.05, 0.1) is 5.02 Å². The summed E-state index contributed by atoms with van der Waals surface area (Å²) in [6.45, 7) is 4.13. The molecule has 2 aromatic rings. The molecule has 104 valence electrons. The third-order valence-electron chi connectivity index (χ3n) is 3.30. The van der Waals surface area contributed by atoms with E-state index >= 15 is 0 Å². The first-order valence-electron chi connectivity index (χ1n) is 6.32. The van der Waals surface area contributed by atoms with E-state index in [1.807, 2.05) is 19.9 Å². The molecule has 1 aliphatic heterocycles. The Balaban J connectivity index is 2.14. The number of hydrogen-bond acceptors (Lipinski definition) is 5. The van der Waals surface area contributed by atoms with Gasteiger partial charge in [0.25, 0.3) is 0 Å². The molecule has 0 aliphatic carbocycles. The summed E-state index contributed by atoms with van der Waals surface area (Å²) < 4.78 is 10.6. The molecular weight excluding hydrogens is 278 g/mol. The van der Waals surface area contributed by atoms with Crippen molar-refractivity contribution in [3.05, 3.63) is 28.4 Å². The van der Waals surface area contributed by atoms with Gasteiger partial charge in [-0.15, -0.1) is 0 Å². The first-order chi connectivity index (χ1) is 9.60. The number of nitrogen functional groups attached to an aromatic ring is 1. The molecule has 2 N–H and O–H groups in total. The fourth-order valence-electron chi connectivity index (χ4n) is 2.15. The van der Waals surface area contributed by atoms with Crippen LogP contribution in [0.5, 0.6) is 11.5 Å². The number of rotatable bonds is 2. The molecule has 6 heteroatoms. The highest BCUT2D eigenvalue weighted by atomic mass is 35.5. The Morgan fingerprint density at radius 1 is 1.30 bits per heavy atom. The lowest BCUT2D eigenvalue weighted by Crippen LogP contribution is -2.04. The van der Waals surface area contributed by atoms with Crippen LogP contribution in [0.2, 0.25) is 5.02 Å². The molecule has 0 unspecified atom stereocenters. The van der Waals surface area contributed by atoms with Crippen LogP contribution in [0.15, 0.2) is 12.1 Å². The van der Waals surface area contributed by atoms with E-state index in [1.165, 1.54) is 0 Å². The van der Waals surface area contributed by atoms with Crippen molar-refractivity contribution in [2.75, 3.05) is 12.5 Å². The van der Waals surface area contributed by atoms with Gasteiger partial charge in [0.2, 0.25) is 6.79 Å². The second-order valence-electron chi connectivity index (χ2n) is 4.55. The third-order valence-corrected chi connectivity index (χ3v) is 3.59. The van der Waals surface area contributed by atoms with Gasteiger partial charge in [0, 0.05) is 16.8 Å². The number of nitrogens with two attached hydrogens (primary N) is 1. The fraction of sp³-hybridized carbons (Fsp3) is 0.286. The minimum Gasteiger partial charge on any atom is -0.454 e. The summed E-state index contributed by atoms with van der Waals surface area (Å²) in [5.74, 6) is 2.20. The normalized spacial score (nSPS) is 12.8. The summed E-state index contributed by atoms with van der Waals surface area (Å²) in [7, 11) is 0. The summed E-state index contributed by atoms with van der Waals surface area (Å²) >= 11 is 6.18. The number of hydrogen-bond donors (Lipinski definition) is 1. The average Bonchev–Trinajstić information content (AvgIpc) is 2.90. The van der Waals surface area contributed by atoms with Crippen molar-refractivity contribution in [1.82, 2.24) is 9.97 Å². The highest BCUT2D eigenvalue weighted by Gasteiger charge is 2.20. The minimum absolute atomic E-state index is 0.176. The van der Waals surface area contributed by atoms with E-state index in [0.717, 1.165) is 23.2 Å². The zero-order chi connectivity index (χ0) is 14.3. The van der Waals surface area contributed by atoms with Gasteiger partial charge in [-0.05, 0) is 25.5 Å². The number of fused-ring (bicyclic) bond motifs is 1. The molecule has 5 nitrogen and oxygen atoms in total. The van der Waals surface area contributed by atoms with Crippen LogP contribution in [0, 0.1) is 6.92 Å². The highest BCUT2D eigenvalue weighted by Crippen LogP contribution is 2.41. The van der Waals surface area contributed by atoms with Crippen LogP contribution in [0.3, 0.4) is 0 Å². The number of aromatic nitrogens is 2. The van der Waals surface area contributed by atoms with Crippen molar-refractivity contribution in [1.29, 1.82) is 0 Å². The van der Waals surface area contributed by atoms with Crippen LogP contribution >= 0.6 is 11.6 Å². The van der Waals surface area contributed by atoms with Crippen LogP contribution in [-0.2, 0) is 6.42 Å².